The highest BCUT2D eigenvalue weighted by Crippen LogP contribution is 2.20. The summed E-state index contributed by atoms with van der Waals surface area (Å²) in [6, 6.07) is 12.2. The zero-order valence-corrected chi connectivity index (χ0v) is 10.5. The number of nitrogens with one attached hydrogen (secondary N) is 1. The van der Waals surface area contributed by atoms with Crippen LogP contribution in [0, 0.1) is 0 Å². The molecule has 0 aliphatic heterocycles. The second kappa shape index (κ2) is 6.25. The number of nitrogens with zero attached hydrogens (tertiary/aromatic N) is 2. The van der Waals surface area contributed by atoms with E-state index in [0.717, 1.165) is 17.3 Å². The molecule has 3 nitrogen and oxygen atoms in total. The third kappa shape index (κ3) is 4.07. The summed E-state index contributed by atoms with van der Waals surface area (Å²) in [7, 11) is 0. The number of benzene rings is 1. The summed E-state index contributed by atoms with van der Waals surface area (Å²) in [4.78, 5) is 8.10. The van der Waals surface area contributed by atoms with Crippen LogP contribution in [0.25, 0.3) is 0 Å². The van der Waals surface area contributed by atoms with Gasteiger partial charge in [-0.1, -0.05) is 25.1 Å². The molecule has 17 heavy (non-hydrogen) atoms. The van der Waals surface area contributed by atoms with E-state index < -0.39 is 0 Å². The number of anilines is 1. The average molecular weight is 245 g/mol. The topological polar surface area (TPSA) is 37.8 Å². The minimum Gasteiger partial charge on any atom is -0.384 e. The Morgan fingerprint density at radius 2 is 2.06 bits per heavy atom. The van der Waals surface area contributed by atoms with Crippen LogP contribution in [0.5, 0.6) is 0 Å². The molecule has 0 radical (unpaired) electrons. The largest absolute Gasteiger partial charge is 0.384 e. The summed E-state index contributed by atoms with van der Waals surface area (Å²) in [5, 5.41) is 4.88. The van der Waals surface area contributed by atoms with Crippen LogP contribution in [-0.2, 0) is 0 Å². The third-order valence-electron chi connectivity index (χ3n) is 2.24. The van der Waals surface area contributed by atoms with E-state index in [-0.39, 0.29) is 0 Å². The highest BCUT2D eigenvalue weighted by atomic mass is 32.2. The van der Waals surface area contributed by atoms with Gasteiger partial charge in [-0.3, -0.25) is 0 Å². The van der Waals surface area contributed by atoms with Crippen molar-refractivity contribution >= 4 is 17.4 Å². The number of hydrogen-bond acceptors (Lipinski definition) is 4. The average Bonchev–Trinajstić information content (AvgIpc) is 2.39. The predicted molar refractivity (Wildman–Crippen MR) is 72.3 cm³/mol. The first-order valence-electron chi connectivity index (χ1n) is 5.56. The van der Waals surface area contributed by atoms with Gasteiger partial charge >= 0.3 is 0 Å². The first-order chi connectivity index (χ1) is 8.34. The summed E-state index contributed by atoms with van der Waals surface area (Å²) < 4.78 is 0. The van der Waals surface area contributed by atoms with Gasteiger partial charge in [0.15, 0.2) is 0 Å². The monoisotopic (exact) mass is 245 g/mol. The minimum absolute atomic E-state index is 0.463. The maximum Gasteiger partial charge on any atom is 0.116 e. The molecule has 0 spiro atoms. The lowest BCUT2D eigenvalue weighted by Crippen LogP contribution is -2.13. The molecule has 1 aromatic carbocycles. The molecule has 1 atom stereocenters. The Labute approximate surface area is 106 Å². The van der Waals surface area contributed by atoms with Crippen molar-refractivity contribution in [3.63, 3.8) is 0 Å². The number of para-hydroxylation sites is 1. The normalized spacial score (nSPS) is 12.1. The van der Waals surface area contributed by atoms with Crippen LogP contribution in [0.2, 0.25) is 0 Å². The van der Waals surface area contributed by atoms with E-state index >= 15 is 0 Å². The molecule has 1 aromatic heterocycles. The highest BCUT2D eigenvalue weighted by molar-refractivity contribution is 7.99. The van der Waals surface area contributed by atoms with Crippen molar-refractivity contribution in [2.75, 3.05) is 11.9 Å². The van der Waals surface area contributed by atoms with Crippen molar-refractivity contribution in [2.24, 2.45) is 0 Å². The lowest BCUT2D eigenvalue weighted by atomic mass is 10.3. The Hall–Kier alpha value is -1.55. The number of aromatic nitrogens is 2. The van der Waals surface area contributed by atoms with Crippen LogP contribution in [-0.4, -0.2) is 21.8 Å². The summed E-state index contributed by atoms with van der Waals surface area (Å²) in [6.45, 7) is 3.10. The molecule has 4 heteroatoms. The fraction of sp³-hybridized carbons (Fsp3) is 0.231. The molecule has 2 rings (SSSR count). The molecule has 2 aromatic rings. The van der Waals surface area contributed by atoms with E-state index in [9.17, 15) is 0 Å². The lowest BCUT2D eigenvalue weighted by molar-refractivity contribution is 0.979. The van der Waals surface area contributed by atoms with Gasteiger partial charge in [-0.05, 0) is 18.2 Å². The molecule has 1 unspecified atom stereocenters. The summed E-state index contributed by atoms with van der Waals surface area (Å²) >= 11 is 1.75. The van der Waals surface area contributed by atoms with Crippen molar-refractivity contribution in [1.82, 2.24) is 9.97 Å². The van der Waals surface area contributed by atoms with E-state index in [0.29, 0.717) is 5.25 Å². The Kier molecular flexibility index (Phi) is 4.38. The smallest absolute Gasteiger partial charge is 0.116 e. The fourth-order valence-corrected chi connectivity index (χ4v) is 2.24. The van der Waals surface area contributed by atoms with Gasteiger partial charge in [-0.2, -0.15) is 0 Å². The van der Waals surface area contributed by atoms with E-state index in [4.69, 9.17) is 0 Å². The second-order valence-corrected chi connectivity index (χ2v) is 5.18. The Bertz CT molecular complexity index is 433. The first kappa shape index (κ1) is 11.9. The van der Waals surface area contributed by atoms with Gasteiger partial charge in [-0.25, -0.2) is 9.97 Å². The molecule has 88 valence electrons. The molecule has 0 saturated carbocycles. The second-order valence-electron chi connectivity index (χ2n) is 3.72. The summed E-state index contributed by atoms with van der Waals surface area (Å²) in [6.07, 6.45) is 3.35. The summed E-state index contributed by atoms with van der Waals surface area (Å²) in [5.41, 5.74) is 1.16. The predicted octanol–water partition coefficient (Wildman–Crippen LogP) is 3.07. The van der Waals surface area contributed by atoms with Gasteiger partial charge in [0.25, 0.3) is 0 Å². The standard InChI is InChI=1S/C13H15N3S/c1-11(17-13-7-8-14-10-16-13)9-15-12-5-3-2-4-6-12/h2-8,10-11,15H,9H2,1H3. The minimum atomic E-state index is 0.463. The van der Waals surface area contributed by atoms with Gasteiger partial charge < -0.3 is 5.32 Å². The summed E-state index contributed by atoms with van der Waals surface area (Å²) in [5.74, 6) is 0. The zero-order valence-electron chi connectivity index (χ0n) is 9.71. The van der Waals surface area contributed by atoms with E-state index in [1.807, 2.05) is 24.3 Å². The molecular weight excluding hydrogens is 230 g/mol. The van der Waals surface area contributed by atoms with Crippen molar-refractivity contribution in [3.8, 4) is 0 Å². The third-order valence-corrected chi connectivity index (χ3v) is 3.30. The molecule has 0 fully saturated rings. The van der Waals surface area contributed by atoms with E-state index in [2.05, 4.69) is 34.3 Å². The van der Waals surface area contributed by atoms with Crippen LogP contribution in [0.1, 0.15) is 6.92 Å². The first-order valence-corrected chi connectivity index (χ1v) is 6.44. The number of rotatable bonds is 5. The van der Waals surface area contributed by atoms with Gasteiger partial charge in [0.1, 0.15) is 6.33 Å². The van der Waals surface area contributed by atoms with Gasteiger partial charge in [-0.15, -0.1) is 11.8 Å². The van der Waals surface area contributed by atoms with Gasteiger partial charge in [0.2, 0.25) is 0 Å². The van der Waals surface area contributed by atoms with Crippen LogP contribution in [0.15, 0.2) is 53.9 Å². The van der Waals surface area contributed by atoms with Crippen molar-refractivity contribution in [3.05, 3.63) is 48.9 Å². The van der Waals surface area contributed by atoms with Crippen LogP contribution in [0.3, 0.4) is 0 Å². The van der Waals surface area contributed by atoms with Gasteiger partial charge in [0, 0.05) is 23.7 Å². The molecule has 1 heterocycles. The highest BCUT2D eigenvalue weighted by Gasteiger charge is 2.04. The van der Waals surface area contributed by atoms with Crippen molar-refractivity contribution < 1.29 is 0 Å². The molecule has 0 aliphatic carbocycles. The van der Waals surface area contributed by atoms with Gasteiger partial charge in [0.05, 0.1) is 5.03 Å². The van der Waals surface area contributed by atoms with Crippen LogP contribution in [0.4, 0.5) is 5.69 Å². The number of hydrogen-bond donors (Lipinski definition) is 1. The maximum absolute atomic E-state index is 4.20. The lowest BCUT2D eigenvalue weighted by Gasteiger charge is -2.12. The van der Waals surface area contributed by atoms with Crippen LogP contribution >= 0.6 is 11.8 Å². The molecule has 0 aliphatic rings. The molecule has 0 amide bonds. The maximum atomic E-state index is 4.20. The Morgan fingerprint density at radius 3 is 2.76 bits per heavy atom. The van der Waals surface area contributed by atoms with Crippen LogP contribution < -0.4 is 5.32 Å². The quantitative estimate of drug-likeness (QED) is 0.649. The number of thioether (sulfide) groups is 1. The molecule has 0 bridgehead atoms. The van der Waals surface area contributed by atoms with E-state index in [1.54, 1.807) is 24.3 Å². The Morgan fingerprint density at radius 1 is 1.24 bits per heavy atom. The zero-order chi connectivity index (χ0) is 11.9. The molecular formula is C13H15N3S. The van der Waals surface area contributed by atoms with Crippen molar-refractivity contribution in [1.29, 1.82) is 0 Å². The SMILES string of the molecule is CC(CNc1ccccc1)Sc1ccncn1. The van der Waals surface area contributed by atoms with E-state index in [1.165, 1.54) is 0 Å². The molecule has 0 saturated heterocycles. The van der Waals surface area contributed by atoms with Crippen molar-refractivity contribution in [2.45, 2.75) is 17.2 Å². The fourth-order valence-electron chi connectivity index (χ4n) is 1.41. The molecule has 1 N–H and O–H groups in total. The Balaban J connectivity index is 1.80.